The summed E-state index contributed by atoms with van der Waals surface area (Å²) in [6.07, 6.45) is 2.45. The minimum atomic E-state index is -0.544. The van der Waals surface area contributed by atoms with Gasteiger partial charge in [-0.15, -0.1) is 0 Å². The topological polar surface area (TPSA) is 119 Å². The second-order valence-corrected chi connectivity index (χ2v) is 10.5. The van der Waals surface area contributed by atoms with E-state index in [-0.39, 0.29) is 25.4 Å². The fourth-order valence-corrected chi connectivity index (χ4v) is 5.31. The number of nitrogens with one attached hydrogen (secondary N) is 2. The zero-order valence-corrected chi connectivity index (χ0v) is 23.3. The highest BCUT2D eigenvalue weighted by Crippen LogP contribution is 2.39. The molecule has 1 aromatic heterocycles. The van der Waals surface area contributed by atoms with Crippen LogP contribution in [0.3, 0.4) is 0 Å². The predicted molar refractivity (Wildman–Crippen MR) is 156 cm³/mol. The first kappa shape index (κ1) is 28.6. The van der Waals surface area contributed by atoms with E-state index in [9.17, 15) is 9.90 Å². The molecule has 212 valence electrons. The third-order valence-electron chi connectivity index (χ3n) is 6.63. The Morgan fingerprint density at radius 1 is 1.07 bits per heavy atom. The van der Waals surface area contributed by atoms with Crippen molar-refractivity contribution in [3.63, 3.8) is 0 Å². The molecule has 0 bridgehead atoms. The summed E-state index contributed by atoms with van der Waals surface area (Å²) in [4.78, 5) is 16.0. The van der Waals surface area contributed by atoms with E-state index >= 15 is 0 Å². The first-order chi connectivity index (χ1) is 20.1. The molecular formula is C31H32N4O5S. The van der Waals surface area contributed by atoms with Crippen LogP contribution in [0.25, 0.3) is 11.1 Å². The summed E-state index contributed by atoms with van der Waals surface area (Å²) < 4.78 is 17.8. The lowest BCUT2D eigenvalue weighted by atomic mass is 9.99. The first-order valence-electron chi connectivity index (χ1n) is 13.3. The molecule has 41 heavy (non-hydrogen) atoms. The van der Waals surface area contributed by atoms with Gasteiger partial charge in [-0.2, -0.15) is 5.10 Å². The largest absolute Gasteiger partial charge is 0.445 e. The summed E-state index contributed by atoms with van der Waals surface area (Å²) in [7, 11) is 0. The standard InChI is InChI=1S/C31H32N4O5S/c1-2-14-38-31(37)32-17-22-4-3-5-26(15-22)23-10-12-25(13-11-23)29-39-27(19-41-30-33-20-34-35-30)16-28(40-29)24-8-6-21(18-36)7-9-24/h2-13,15,20,27-29,36H,1,14,16-19H2,(H,32,37)(H,33,34,35)/t27-,28+,29+/m0/s1. The smallest absolute Gasteiger partial charge is 0.407 e. The minimum Gasteiger partial charge on any atom is -0.445 e. The summed E-state index contributed by atoms with van der Waals surface area (Å²) in [5, 5.41) is 19.7. The van der Waals surface area contributed by atoms with E-state index in [0.717, 1.165) is 38.5 Å². The predicted octanol–water partition coefficient (Wildman–Crippen LogP) is 5.71. The molecule has 1 aliphatic rings. The number of aliphatic hydroxyl groups excluding tert-OH is 1. The van der Waals surface area contributed by atoms with Crippen molar-refractivity contribution in [1.29, 1.82) is 0 Å². The van der Waals surface area contributed by atoms with Crippen LogP contribution in [-0.2, 0) is 27.4 Å². The van der Waals surface area contributed by atoms with Crippen molar-refractivity contribution in [2.45, 2.75) is 43.2 Å². The second kappa shape index (κ2) is 14.1. The molecular weight excluding hydrogens is 540 g/mol. The quantitative estimate of drug-likeness (QED) is 0.154. The number of aliphatic hydroxyl groups is 1. The number of amides is 1. The summed E-state index contributed by atoms with van der Waals surface area (Å²) in [6, 6.07) is 24.0. The number of carbonyl (C=O) groups excluding carboxylic acids is 1. The second-order valence-electron chi connectivity index (χ2n) is 9.51. The molecule has 1 saturated heterocycles. The molecule has 0 unspecified atom stereocenters. The number of rotatable bonds is 11. The molecule has 3 aromatic carbocycles. The van der Waals surface area contributed by atoms with Crippen LogP contribution < -0.4 is 5.32 Å². The number of carbonyl (C=O) groups is 1. The Hall–Kier alpha value is -3.96. The number of hydrogen-bond donors (Lipinski definition) is 3. The fourth-order valence-electron chi connectivity index (χ4n) is 4.51. The summed E-state index contributed by atoms with van der Waals surface area (Å²) in [5.41, 5.74) is 5.85. The molecule has 4 aromatic rings. The van der Waals surface area contributed by atoms with Gasteiger partial charge >= 0.3 is 6.09 Å². The lowest BCUT2D eigenvalue weighted by molar-refractivity contribution is -0.245. The maximum atomic E-state index is 11.8. The Morgan fingerprint density at radius 2 is 1.88 bits per heavy atom. The zero-order valence-electron chi connectivity index (χ0n) is 22.4. The minimum absolute atomic E-state index is 0.00201. The SMILES string of the molecule is C=CCOC(=O)NCc1cccc(-c2ccc([C@@H]3O[C@H](CSc4ncn[nH]4)C[C@H](c4ccc(CO)cc4)O3)cc2)c1. The molecule has 3 atom stereocenters. The van der Waals surface area contributed by atoms with Gasteiger partial charge in [0.1, 0.15) is 12.9 Å². The van der Waals surface area contributed by atoms with Gasteiger partial charge < -0.3 is 24.6 Å². The number of aromatic nitrogens is 3. The van der Waals surface area contributed by atoms with E-state index in [0.29, 0.717) is 18.7 Å². The maximum absolute atomic E-state index is 11.8. The number of thioether (sulfide) groups is 1. The highest BCUT2D eigenvalue weighted by molar-refractivity contribution is 7.99. The van der Waals surface area contributed by atoms with Gasteiger partial charge in [-0.3, -0.25) is 5.10 Å². The van der Waals surface area contributed by atoms with Crippen molar-refractivity contribution in [2.24, 2.45) is 0 Å². The molecule has 10 heteroatoms. The normalized spacial score (nSPS) is 18.5. The highest BCUT2D eigenvalue weighted by Gasteiger charge is 2.32. The first-order valence-corrected chi connectivity index (χ1v) is 14.3. The van der Waals surface area contributed by atoms with Gasteiger partial charge in [0.05, 0.1) is 18.8 Å². The van der Waals surface area contributed by atoms with Gasteiger partial charge in [0.25, 0.3) is 0 Å². The van der Waals surface area contributed by atoms with Gasteiger partial charge in [0, 0.05) is 24.3 Å². The molecule has 9 nitrogen and oxygen atoms in total. The Bertz CT molecular complexity index is 1410. The summed E-state index contributed by atoms with van der Waals surface area (Å²) in [6.45, 7) is 4.08. The van der Waals surface area contributed by atoms with Crippen molar-refractivity contribution in [3.05, 3.63) is 114 Å². The molecule has 0 radical (unpaired) electrons. The van der Waals surface area contributed by atoms with Crippen molar-refractivity contribution in [2.75, 3.05) is 12.4 Å². The van der Waals surface area contributed by atoms with Crippen LogP contribution in [0.1, 0.15) is 41.1 Å². The van der Waals surface area contributed by atoms with Crippen LogP contribution >= 0.6 is 11.8 Å². The molecule has 1 fully saturated rings. The number of nitrogens with zero attached hydrogens (tertiary/aromatic N) is 2. The molecule has 1 aliphatic heterocycles. The van der Waals surface area contributed by atoms with Gasteiger partial charge in [-0.05, 0) is 33.9 Å². The van der Waals surface area contributed by atoms with Crippen LogP contribution in [0.4, 0.5) is 4.79 Å². The third-order valence-corrected chi connectivity index (χ3v) is 7.63. The monoisotopic (exact) mass is 572 g/mol. The van der Waals surface area contributed by atoms with Crippen molar-refractivity contribution >= 4 is 17.9 Å². The van der Waals surface area contributed by atoms with E-state index < -0.39 is 12.4 Å². The Morgan fingerprint density at radius 3 is 2.61 bits per heavy atom. The number of hydrogen-bond acceptors (Lipinski definition) is 8. The Balaban J connectivity index is 1.29. The summed E-state index contributed by atoms with van der Waals surface area (Å²) >= 11 is 1.56. The van der Waals surface area contributed by atoms with Gasteiger partial charge in [0.2, 0.25) is 0 Å². The zero-order chi connectivity index (χ0) is 28.4. The van der Waals surface area contributed by atoms with Crippen LogP contribution in [0, 0.1) is 0 Å². The molecule has 0 spiro atoms. The molecule has 0 saturated carbocycles. The van der Waals surface area contributed by atoms with Crippen LogP contribution in [0.2, 0.25) is 0 Å². The van der Waals surface area contributed by atoms with E-state index in [1.807, 2.05) is 72.8 Å². The molecule has 1 amide bonds. The lowest BCUT2D eigenvalue weighted by Crippen LogP contribution is -2.31. The molecule has 0 aliphatic carbocycles. The number of aromatic amines is 1. The number of H-pyrrole nitrogens is 1. The Kier molecular flexibility index (Phi) is 9.82. The number of alkyl carbamates (subject to hydrolysis) is 1. The average Bonchev–Trinajstić information content (AvgIpc) is 3.56. The van der Waals surface area contributed by atoms with Gasteiger partial charge in [-0.25, -0.2) is 9.78 Å². The van der Waals surface area contributed by atoms with E-state index in [2.05, 4.69) is 27.1 Å². The van der Waals surface area contributed by atoms with E-state index in [1.165, 1.54) is 12.4 Å². The lowest BCUT2D eigenvalue weighted by Gasteiger charge is -2.36. The van der Waals surface area contributed by atoms with Gasteiger partial charge in [-0.1, -0.05) is 91.1 Å². The summed E-state index contributed by atoms with van der Waals surface area (Å²) in [5.74, 6) is 0.695. The molecule has 2 heterocycles. The van der Waals surface area contributed by atoms with Crippen LogP contribution in [-0.4, -0.2) is 44.8 Å². The van der Waals surface area contributed by atoms with E-state index in [4.69, 9.17) is 14.2 Å². The fraction of sp³-hybridized carbons (Fsp3) is 0.258. The van der Waals surface area contributed by atoms with Crippen molar-refractivity contribution in [3.8, 4) is 11.1 Å². The highest BCUT2D eigenvalue weighted by atomic mass is 32.2. The van der Waals surface area contributed by atoms with E-state index in [1.54, 1.807) is 11.8 Å². The van der Waals surface area contributed by atoms with Crippen molar-refractivity contribution < 1.29 is 24.1 Å². The maximum Gasteiger partial charge on any atom is 0.407 e. The molecule has 3 N–H and O–H groups in total. The van der Waals surface area contributed by atoms with Crippen molar-refractivity contribution in [1.82, 2.24) is 20.5 Å². The van der Waals surface area contributed by atoms with Gasteiger partial charge in [0.15, 0.2) is 11.4 Å². The molecule has 5 rings (SSSR count). The third kappa shape index (κ3) is 7.83. The Labute approximate surface area is 243 Å². The van der Waals surface area contributed by atoms with Crippen LogP contribution in [0.5, 0.6) is 0 Å². The van der Waals surface area contributed by atoms with Crippen LogP contribution in [0.15, 0.2) is 96.9 Å². The average molecular weight is 573 g/mol. The number of ether oxygens (including phenoxy) is 3. The number of benzene rings is 3.